The fourth-order valence-corrected chi connectivity index (χ4v) is 4.67. The van der Waals surface area contributed by atoms with E-state index in [1.54, 1.807) is 11.0 Å². The van der Waals surface area contributed by atoms with Crippen LogP contribution in [0.2, 0.25) is 5.02 Å². The summed E-state index contributed by atoms with van der Waals surface area (Å²) in [5.41, 5.74) is 4.65. The van der Waals surface area contributed by atoms with E-state index in [1.807, 2.05) is 85.5 Å². The maximum absolute atomic E-state index is 13.5. The van der Waals surface area contributed by atoms with Gasteiger partial charge in [0.15, 0.2) is 5.11 Å². The minimum Gasteiger partial charge on any atom is -0.332 e. The second kappa shape index (κ2) is 10.4. The van der Waals surface area contributed by atoms with Crippen molar-refractivity contribution in [2.24, 2.45) is 0 Å². The van der Waals surface area contributed by atoms with Gasteiger partial charge in [-0.05, 0) is 54.9 Å². The molecule has 3 aromatic rings. The van der Waals surface area contributed by atoms with Gasteiger partial charge >= 0.3 is 0 Å². The molecule has 0 unspecified atom stereocenters. The molecule has 7 heteroatoms. The van der Waals surface area contributed by atoms with Crippen LogP contribution in [0.25, 0.3) is 0 Å². The molecule has 1 saturated heterocycles. The quantitative estimate of drug-likeness (QED) is 0.444. The van der Waals surface area contributed by atoms with E-state index in [1.165, 1.54) is 0 Å². The predicted octanol–water partition coefficient (Wildman–Crippen LogP) is 5.48. The summed E-state index contributed by atoms with van der Waals surface area (Å²) in [5, 5.41) is 3.95. The number of rotatable bonds is 7. The Hall–Kier alpha value is -3.22. The monoisotopic (exact) mass is 491 g/mol. The fraction of sp³-hybridized carbons (Fsp3) is 0.222. The normalized spacial score (nSPS) is 15.7. The molecule has 1 aliphatic rings. The third-order valence-electron chi connectivity index (χ3n) is 5.92. The van der Waals surface area contributed by atoms with Gasteiger partial charge < -0.3 is 10.2 Å². The van der Waals surface area contributed by atoms with E-state index in [0.717, 1.165) is 27.9 Å². The summed E-state index contributed by atoms with van der Waals surface area (Å²) in [5.74, 6) is -0.421. The van der Waals surface area contributed by atoms with Gasteiger partial charge in [-0.1, -0.05) is 77.8 Å². The molecule has 0 bridgehead atoms. The molecule has 34 heavy (non-hydrogen) atoms. The van der Waals surface area contributed by atoms with E-state index in [-0.39, 0.29) is 18.2 Å². The highest BCUT2D eigenvalue weighted by Gasteiger charge is 2.43. The minimum atomic E-state index is -0.710. The van der Waals surface area contributed by atoms with Crippen LogP contribution in [0.4, 0.5) is 5.69 Å². The SMILES string of the molecule is Cc1ccc(NC(=O)C[C@H]2C(=O)N(Cc3ccccc3)C(=S)N2Cc2ccccc2Cl)c(C)c1. The lowest BCUT2D eigenvalue weighted by Gasteiger charge is -2.24. The maximum atomic E-state index is 13.5. The molecule has 0 aromatic heterocycles. The van der Waals surface area contributed by atoms with Crippen LogP contribution in [0.15, 0.2) is 72.8 Å². The molecular formula is C27H26ClN3O2S. The Morgan fingerprint density at radius 2 is 1.71 bits per heavy atom. The molecule has 1 aliphatic heterocycles. The van der Waals surface area contributed by atoms with Gasteiger partial charge in [-0.2, -0.15) is 0 Å². The van der Waals surface area contributed by atoms with Gasteiger partial charge in [-0.3, -0.25) is 14.5 Å². The van der Waals surface area contributed by atoms with Gasteiger partial charge in [-0.25, -0.2) is 0 Å². The van der Waals surface area contributed by atoms with Crippen molar-refractivity contribution in [1.29, 1.82) is 0 Å². The molecule has 2 amide bonds. The van der Waals surface area contributed by atoms with Crippen LogP contribution in [0.5, 0.6) is 0 Å². The molecule has 0 radical (unpaired) electrons. The van der Waals surface area contributed by atoms with Gasteiger partial charge in [-0.15, -0.1) is 0 Å². The van der Waals surface area contributed by atoms with Crippen LogP contribution in [0, 0.1) is 13.8 Å². The standard InChI is InChI=1S/C27H26ClN3O2S/c1-18-12-13-23(19(2)14-18)29-25(32)15-24-26(33)31(16-20-8-4-3-5-9-20)27(34)30(24)17-21-10-6-7-11-22(21)28/h3-14,24H,15-17H2,1-2H3,(H,29,32)/t24-/m0/s1. The Bertz CT molecular complexity index is 1230. The molecule has 0 aliphatic carbocycles. The number of hydrogen-bond acceptors (Lipinski definition) is 3. The topological polar surface area (TPSA) is 52.7 Å². The number of carbonyl (C=O) groups is 2. The number of nitrogens with one attached hydrogen (secondary N) is 1. The number of nitrogens with zero attached hydrogens (tertiary/aromatic N) is 2. The van der Waals surface area contributed by atoms with Gasteiger partial charge in [0.25, 0.3) is 5.91 Å². The lowest BCUT2D eigenvalue weighted by molar-refractivity contribution is -0.131. The van der Waals surface area contributed by atoms with Gasteiger partial charge in [0.1, 0.15) is 6.04 Å². The van der Waals surface area contributed by atoms with Crippen molar-refractivity contribution < 1.29 is 9.59 Å². The van der Waals surface area contributed by atoms with Gasteiger partial charge in [0, 0.05) is 17.3 Å². The molecule has 0 saturated carbocycles. The molecule has 1 heterocycles. The fourth-order valence-electron chi connectivity index (χ4n) is 4.12. The van der Waals surface area contributed by atoms with E-state index >= 15 is 0 Å². The van der Waals surface area contributed by atoms with E-state index in [4.69, 9.17) is 23.8 Å². The first kappa shape index (κ1) is 23.9. The van der Waals surface area contributed by atoms with Crippen molar-refractivity contribution in [3.05, 3.63) is 100 Å². The van der Waals surface area contributed by atoms with Crippen LogP contribution < -0.4 is 5.32 Å². The summed E-state index contributed by atoms with van der Waals surface area (Å²) in [7, 11) is 0. The van der Waals surface area contributed by atoms with Crippen LogP contribution in [0.1, 0.15) is 28.7 Å². The Morgan fingerprint density at radius 3 is 2.41 bits per heavy atom. The van der Waals surface area contributed by atoms with Crippen molar-refractivity contribution in [3.63, 3.8) is 0 Å². The van der Waals surface area contributed by atoms with Gasteiger partial charge in [0.2, 0.25) is 5.91 Å². The number of halogens is 1. The number of anilines is 1. The predicted molar refractivity (Wildman–Crippen MR) is 140 cm³/mol. The minimum absolute atomic E-state index is 0.0119. The second-order valence-corrected chi connectivity index (χ2v) is 9.27. The smallest absolute Gasteiger partial charge is 0.252 e. The van der Waals surface area contributed by atoms with Crippen LogP contribution >= 0.6 is 23.8 Å². The van der Waals surface area contributed by atoms with Crippen molar-refractivity contribution >= 4 is 46.4 Å². The summed E-state index contributed by atoms with van der Waals surface area (Å²) in [6.07, 6.45) is -0.0119. The third kappa shape index (κ3) is 5.29. The number of hydrogen-bond donors (Lipinski definition) is 1. The maximum Gasteiger partial charge on any atom is 0.252 e. The summed E-state index contributed by atoms with van der Waals surface area (Å²) in [6.45, 7) is 4.65. The number of amides is 2. The third-order valence-corrected chi connectivity index (χ3v) is 6.74. The zero-order valence-electron chi connectivity index (χ0n) is 19.1. The van der Waals surface area contributed by atoms with Crippen molar-refractivity contribution in [3.8, 4) is 0 Å². The number of aryl methyl sites for hydroxylation is 2. The first-order valence-electron chi connectivity index (χ1n) is 11.1. The average molecular weight is 492 g/mol. The Balaban J connectivity index is 1.58. The van der Waals surface area contributed by atoms with Crippen LogP contribution in [0.3, 0.4) is 0 Å². The van der Waals surface area contributed by atoms with E-state index in [0.29, 0.717) is 23.2 Å². The lowest BCUT2D eigenvalue weighted by atomic mass is 10.1. The molecule has 3 aromatic carbocycles. The van der Waals surface area contributed by atoms with Crippen LogP contribution in [-0.4, -0.2) is 32.8 Å². The summed E-state index contributed by atoms with van der Waals surface area (Å²) >= 11 is 12.1. The molecule has 1 atom stereocenters. The van der Waals surface area contributed by atoms with Crippen LogP contribution in [-0.2, 0) is 22.7 Å². The zero-order valence-corrected chi connectivity index (χ0v) is 20.7. The molecule has 1 fully saturated rings. The summed E-state index contributed by atoms with van der Waals surface area (Å²) in [4.78, 5) is 29.9. The Labute approximate surface area is 210 Å². The number of carbonyl (C=O) groups excluding carboxylic acids is 2. The van der Waals surface area contributed by atoms with Crippen molar-refractivity contribution in [2.45, 2.75) is 39.4 Å². The van der Waals surface area contributed by atoms with E-state index < -0.39 is 6.04 Å². The van der Waals surface area contributed by atoms with E-state index in [9.17, 15) is 9.59 Å². The molecule has 5 nitrogen and oxygen atoms in total. The highest BCUT2D eigenvalue weighted by atomic mass is 35.5. The first-order valence-corrected chi connectivity index (χ1v) is 11.9. The van der Waals surface area contributed by atoms with E-state index in [2.05, 4.69) is 5.32 Å². The van der Waals surface area contributed by atoms with Crippen molar-refractivity contribution in [1.82, 2.24) is 9.80 Å². The summed E-state index contributed by atoms with van der Waals surface area (Å²) in [6, 6.07) is 22.3. The molecule has 1 N–H and O–H groups in total. The highest BCUT2D eigenvalue weighted by Crippen LogP contribution is 2.28. The second-order valence-electron chi connectivity index (χ2n) is 8.50. The molecule has 0 spiro atoms. The zero-order chi connectivity index (χ0) is 24.2. The van der Waals surface area contributed by atoms with Gasteiger partial charge in [0.05, 0.1) is 13.0 Å². The largest absolute Gasteiger partial charge is 0.332 e. The Morgan fingerprint density at radius 1 is 1.00 bits per heavy atom. The molecule has 174 valence electrons. The molecule has 4 rings (SSSR count). The summed E-state index contributed by atoms with van der Waals surface area (Å²) < 4.78 is 0. The highest BCUT2D eigenvalue weighted by molar-refractivity contribution is 7.80. The first-order chi connectivity index (χ1) is 16.3. The Kier molecular flexibility index (Phi) is 7.29. The molecular weight excluding hydrogens is 466 g/mol. The van der Waals surface area contributed by atoms with Crippen molar-refractivity contribution in [2.75, 3.05) is 5.32 Å². The lowest BCUT2D eigenvalue weighted by Crippen LogP contribution is -2.37. The number of thiocarbonyl (C=S) groups is 1. The average Bonchev–Trinajstić information content (AvgIpc) is 3.02. The number of benzene rings is 3.